The summed E-state index contributed by atoms with van der Waals surface area (Å²) in [4.78, 5) is 2.77. The van der Waals surface area contributed by atoms with Gasteiger partial charge >= 0.3 is 0 Å². The molecule has 3 aliphatic heterocycles. The van der Waals surface area contributed by atoms with Crippen molar-refractivity contribution in [1.82, 2.24) is 20.9 Å². The van der Waals surface area contributed by atoms with E-state index in [1.807, 2.05) is 0 Å². The second-order valence-electron chi connectivity index (χ2n) is 8.32. The zero-order chi connectivity index (χ0) is 16.5. The topological polar surface area (TPSA) is 39.3 Å². The van der Waals surface area contributed by atoms with Crippen LogP contribution < -0.4 is 16.0 Å². The van der Waals surface area contributed by atoms with E-state index in [1.54, 1.807) is 0 Å². The molecule has 24 heavy (non-hydrogen) atoms. The first-order valence-corrected chi connectivity index (χ1v) is 10.8. The Morgan fingerprint density at radius 1 is 0.583 bits per heavy atom. The Balaban J connectivity index is 1.42. The normalized spacial score (nSPS) is 32.1. The minimum Gasteiger partial charge on any atom is -0.314 e. The van der Waals surface area contributed by atoms with E-state index in [1.165, 1.54) is 110 Å². The third kappa shape index (κ3) is 6.62. The van der Waals surface area contributed by atoms with Gasteiger partial charge in [-0.2, -0.15) is 0 Å². The van der Waals surface area contributed by atoms with Gasteiger partial charge in [-0.15, -0.1) is 0 Å². The Labute approximate surface area is 149 Å². The zero-order valence-electron chi connectivity index (χ0n) is 15.7. The Morgan fingerprint density at radius 3 is 1.46 bits per heavy atom. The van der Waals surface area contributed by atoms with Gasteiger partial charge in [-0.3, -0.25) is 0 Å². The van der Waals surface area contributed by atoms with Gasteiger partial charge in [0.15, 0.2) is 0 Å². The highest BCUT2D eigenvalue weighted by molar-refractivity contribution is 4.80. The molecule has 3 rings (SSSR count). The first kappa shape index (κ1) is 18.6. The van der Waals surface area contributed by atoms with Crippen molar-refractivity contribution in [2.24, 2.45) is 0 Å². The average molecular weight is 337 g/mol. The van der Waals surface area contributed by atoms with Gasteiger partial charge in [0.2, 0.25) is 0 Å². The minimum absolute atomic E-state index is 0.734. The molecule has 0 amide bonds. The summed E-state index contributed by atoms with van der Waals surface area (Å²) in [5.74, 6) is 0. The van der Waals surface area contributed by atoms with Crippen LogP contribution in [0.1, 0.15) is 70.6 Å². The second kappa shape index (κ2) is 10.7. The number of hydrogen-bond acceptors (Lipinski definition) is 4. The Kier molecular flexibility index (Phi) is 8.34. The van der Waals surface area contributed by atoms with E-state index in [2.05, 4.69) is 20.9 Å². The van der Waals surface area contributed by atoms with Crippen LogP contribution in [0, 0.1) is 0 Å². The molecular formula is C20H40N4. The largest absolute Gasteiger partial charge is 0.314 e. The predicted octanol–water partition coefficient (Wildman–Crippen LogP) is 2.49. The van der Waals surface area contributed by atoms with Crippen molar-refractivity contribution in [2.45, 2.75) is 88.8 Å². The Hall–Kier alpha value is -0.160. The van der Waals surface area contributed by atoms with Crippen LogP contribution >= 0.6 is 0 Å². The fraction of sp³-hybridized carbons (Fsp3) is 1.00. The summed E-state index contributed by atoms with van der Waals surface area (Å²) in [6.07, 6.45) is 15.2. The smallest absolute Gasteiger partial charge is 0.0195 e. The number of rotatable bonds is 8. The van der Waals surface area contributed by atoms with Crippen molar-refractivity contribution in [1.29, 1.82) is 0 Å². The molecule has 3 heterocycles. The van der Waals surface area contributed by atoms with Crippen molar-refractivity contribution in [3.05, 3.63) is 0 Å². The number of nitrogens with one attached hydrogen (secondary N) is 3. The standard InChI is InChI=1S/C20H40N4/c1-4-12-21-18(7-1)10-15-24(17-20-9-3-6-14-23-20)16-11-19-8-2-5-13-22-19/h18-23H,1-17H2. The van der Waals surface area contributed by atoms with Crippen molar-refractivity contribution in [3.8, 4) is 0 Å². The maximum Gasteiger partial charge on any atom is 0.0195 e. The van der Waals surface area contributed by atoms with Gasteiger partial charge in [-0.1, -0.05) is 19.3 Å². The lowest BCUT2D eigenvalue weighted by molar-refractivity contribution is 0.196. The van der Waals surface area contributed by atoms with Gasteiger partial charge in [0.05, 0.1) is 0 Å². The molecular weight excluding hydrogens is 296 g/mol. The van der Waals surface area contributed by atoms with E-state index in [4.69, 9.17) is 0 Å². The van der Waals surface area contributed by atoms with Gasteiger partial charge < -0.3 is 20.9 Å². The van der Waals surface area contributed by atoms with Gasteiger partial charge in [0.1, 0.15) is 0 Å². The molecule has 3 saturated heterocycles. The molecule has 0 radical (unpaired) electrons. The fourth-order valence-electron chi connectivity index (χ4n) is 4.70. The van der Waals surface area contributed by atoms with Gasteiger partial charge in [-0.25, -0.2) is 0 Å². The van der Waals surface area contributed by atoms with E-state index in [0.29, 0.717) is 0 Å². The van der Waals surface area contributed by atoms with Crippen molar-refractivity contribution in [3.63, 3.8) is 0 Å². The molecule has 0 aromatic rings. The number of nitrogens with zero attached hydrogens (tertiary/aromatic N) is 1. The second-order valence-corrected chi connectivity index (χ2v) is 8.32. The molecule has 3 fully saturated rings. The van der Waals surface area contributed by atoms with Crippen LogP contribution in [0.4, 0.5) is 0 Å². The molecule has 4 heteroatoms. The first-order valence-electron chi connectivity index (χ1n) is 10.8. The highest BCUT2D eigenvalue weighted by Gasteiger charge is 2.20. The van der Waals surface area contributed by atoms with E-state index in [-0.39, 0.29) is 0 Å². The molecule has 0 aromatic carbocycles. The van der Waals surface area contributed by atoms with Crippen LogP contribution in [0.25, 0.3) is 0 Å². The van der Waals surface area contributed by atoms with Crippen LogP contribution in [0.15, 0.2) is 0 Å². The number of hydrogen-bond donors (Lipinski definition) is 3. The Morgan fingerprint density at radius 2 is 1.04 bits per heavy atom. The summed E-state index contributed by atoms with van der Waals surface area (Å²) in [7, 11) is 0. The zero-order valence-corrected chi connectivity index (χ0v) is 15.7. The third-order valence-electron chi connectivity index (χ3n) is 6.30. The highest BCUT2D eigenvalue weighted by Crippen LogP contribution is 2.15. The molecule has 140 valence electrons. The molecule has 0 spiro atoms. The van der Waals surface area contributed by atoms with Gasteiger partial charge in [0.25, 0.3) is 0 Å². The quantitative estimate of drug-likeness (QED) is 0.637. The van der Waals surface area contributed by atoms with Crippen LogP contribution in [0.5, 0.6) is 0 Å². The van der Waals surface area contributed by atoms with E-state index in [0.717, 1.165) is 18.1 Å². The fourth-order valence-corrected chi connectivity index (χ4v) is 4.70. The molecule has 4 nitrogen and oxygen atoms in total. The molecule has 3 unspecified atom stereocenters. The molecule has 3 aliphatic rings. The number of piperidine rings is 3. The first-order chi connectivity index (χ1) is 11.9. The lowest BCUT2D eigenvalue weighted by atomic mass is 9.99. The summed E-state index contributed by atoms with van der Waals surface area (Å²) < 4.78 is 0. The highest BCUT2D eigenvalue weighted by atomic mass is 15.2. The third-order valence-corrected chi connectivity index (χ3v) is 6.30. The molecule has 0 aliphatic carbocycles. The summed E-state index contributed by atoms with van der Waals surface area (Å²) in [5, 5.41) is 11.2. The molecule has 0 saturated carbocycles. The van der Waals surface area contributed by atoms with Crippen LogP contribution in [0.3, 0.4) is 0 Å². The summed E-state index contributed by atoms with van der Waals surface area (Å²) in [5.41, 5.74) is 0. The SMILES string of the molecule is C1CCC(CCN(CCC2CCCCN2)CC2CCCCN2)NC1. The van der Waals surface area contributed by atoms with Crippen molar-refractivity contribution in [2.75, 3.05) is 39.3 Å². The molecule has 3 atom stereocenters. The predicted molar refractivity (Wildman–Crippen MR) is 103 cm³/mol. The molecule has 0 aromatic heterocycles. The van der Waals surface area contributed by atoms with Crippen molar-refractivity contribution < 1.29 is 0 Å². The van der Waals surface area contributed by atoms with Gasteiger partial charge in [0, 0.05) is 24.7 Å². The average Bonchev–Trinajstić information content (AvgIpc) is 2.66. The summed E-state index contributed by atoms with van der Waals surface area (Å²) >= 11 is 0. The maximum absolute atomic E-state index is 3.75. The molecule has 3 N–H and O–H groups in total. The minimum atomic E-state index is 0.734. The summed E-state index contributed by atoms with van der Waals surface area (Å²) in [6, 6.07) is 2.28. The van der Waals surface area contributed by atoms with Crippen LogP contribution in [0.2, 0.25) is 0 Å². The van der Waals surface area contributed by atoms with E-state index < -0.39 is 0 Å². The van der Waals surface area contributed by atoms with E-state index in [9.17, 15) is 0 Å². The lowest BCUT2D eigenvalue weighted by Crippen LogP contribution is -2.46. The monoisotopic (exact) mass is 336 g/mol. The van der Waals surface area contributed by atoms with Gasteiger partial charge in [-0.05, 0) is 84.1 Å². The Bertz CT molecular complexity index is 296. The molecule has 0 bridgehead atoms. The summed E-state index contributed by atoms with van der Waals surface area (Å²) in [6.45, 7) is 7.53. The van der Waals surface area contributed by atoms with Crippen molar-refractivity contribution >= 4 is 0 Å². The van der Waals surface area contributed by atoms with Crippen LogP contribution in [-0.2, 0) is 0 Å². The lowest BCUT2D eigenvalue weighted by Gasteiger charge is -2.34. The van der Waals surface area contributed by atoms with Crippen LogP contribution in [-0.4, -0.2) is 62.3 Å². The van der Waals surface area contributed by atoms with E-state index >= 15 is 0 Å². The maximum atomic E-state index is 3.75.